The molecule has 1 aromatic carbocycles. The lowest BCUT2D eigenvalue weighted by molar-refractivity contribution is 0.0696. The van der Waals surface area contributed by atoms with Gasteiger partial charge in [0.05, 0.1) is 17.2 Å². The Morgan fingerprint density at radius 3 is 2.56 bits per heavy atom. The molecule has 0 amide bonds. The largest absolute Gasteiger partial charge is 0.478 e. The minimum absolute atomic E-state index is 0.0218. The molecule has 0 spiro atoms. The molecule has 0 atom stereocenters. The highest BCUT2D eigenvalue weighted by atomic mass is 19.3. The number of benzene rings is 1. The van der Waals surface area contributed by atoms with Crippen LogP contribution in [-0.4, -0.2) is 11.1 Å². The van der Waals surface area contributed by atoms with Gasteiger partial charge in [-0.15, -0.1) is 0 Å². The number of hydrogen-bond donors (Lipinski definition) is 2. The maximum atomic E-state index is 12.6. The van der Waals surface area contributed by atoms with Gasteiger partial charge in [-0.1, -0.05) is 0 Å². The van der Waals surface area contributed by atoms with Crippen LogP contribution in [0.1, 0.15) is 33.5 Å². The average molecular weight is 226 g/mol. The highest BCUT2D eigenvalue weighted by molar-refractivity contribution is 5.88. The van der Waals surface area contributed by atoms with Gasteiger partial charge in [0.2, 0.25) is 0 Å². The summed E-state index contributed by atoms with van der Waals surface area (Å²) in [6.07, 6.45) is -2.85. The minimum Gasteiger partial charge on any atom is -0.478 e. The van der Waals surface area contributed by atoms with Crippen LogP contribution in [0.15, 0.2) is 12.1 Å². The maximum Gasteiger partial charge on any atom is 0.335 e. The lowest BCUT2D eigenvalue weighted by Gasteiger charge is -2.10. The van der Waals surface area contributed by atoms with Crippen molar-refractivity contribution < 1.29 is 18.7 Å². The van der Waals surface area contributed by atoms with E-state index in [-0.39, 0.29) is 23.2 Å². The van der Waals surface area contributed by atoms with Crippen molar-refractivity contribution in [1.29, 1.82) is 5.26 Å². The van der Waals surface area contributed by atoms with Gasteiger partial charge in [0.15, 0.2) is 0 Å². The number of rotatable bonds is 3. The van der Waals surface area contributed by atoms with Crippen LogP contribution in [0, 0.1) is 11.3 Å². The van der Waals surface area contributed by atoms with Gasteiger partial charge in [-0.05, 0) is 17.7 Å². The lowest BCUT2D eigenvalue weighted by Crippen LogP contribution is -2.08. The molecule has 0 saturated carbocycles. The number of alkyl halides is 2. The van der Waals surface area contributed by atoms with Crippen molar-refractivity contribution in [2.45, 2.75) is 13.0 Å². The Bertz CT molecular complexity index is 467. The number of carbonyl (C=O) groups is 1. The van der Waals surface area contributed by atoms with Gasteiger partial charge < -0.3 is 10.8 Å². The third-order valence-corrected chi connectivity index (χ3v) is 2.07. The number of halogens is 2. The molecule has 0 aliphatic heterocycles. The summed E-state index contributed by atoms with van der Waals surface area (Å²) in [6.45, 7) is -0.241. The number of hydrogen-bond acceptors (Lipinski definition) is 3. The minimum atomic E-state index is -2.85. The zero-order valence-electron chi connectivity index (χ0n) is 8.08. The third-order valence-electron chi connectivity index (χ3n) is 2.07. The smallest absolute Gasteiger partial charge is 0.335 e. The van der Waals surface area contributed by atoms with E-state index in [1.807, 2.05) is 0 Å². The first-order valence-electron chi connectivity index (χ1n) is 4.29. The molecule has 4 nitrogen and oxygen atoms in total. The third kappa shape index (κ3) is 2.15. The fourth-order valence-electron chi connectivity index (χ4n) is 1.36. The Kier molecular flexibility index (Phi) is 3.53. The molecule has 0 aliphatic carbocycles. The fourth-order valence-corrected chi connectivity index (χ4v) is 1.36. The maximum absolute atomic E-state index is 12.6. The van der Waals surface area contributed by atoms with Gasteiger partial charge in [-0.25, -0.2) is 13.6 Å². The molecular formula is C10H8F2N2O2. The predicted molar refractivity (Wildman–Crippen MR) is 51.0 cm³/mol. The molecule has 84 valence electrons. The van der Waals surface area contributed by atoms with Crippen LogP contribution in [0.5, 0.6) is 0 Å². The van der Waals surface area contributed by atoms with Crippen LogP contribution in [0.2, 0.25) is 0 Å². The van der Waals surface area contributed by atoms with E-state index < -0.39 is 18.0 Å². The highest BCUT2D eigenvalue weighted by Gasteiger charge is 2.20. The Labute approximate surface area is 89.9 Å². The van der Waals surface area contributed by atoms with Gasteiger partial charge in [0.25, 0.3) is 6.43 Å². The van der Waals surface area contributed by atoms with Crippen molar-refractivity contribution in [2.75, 3.05) is 0 Å². The molecule has 0 radical (unpaired) electrons. The second kappa shape index (κ2) is 4.68. The summed E-state index contributed by atoms with van der Waals surface area (Å²) in [7, 11) is 0. The number of carboxylic acids is 1. The van der Waals surface area contributed by atoms with E-state index in [1.54, 1.807) is 6.07 Å². The number of nitrogens with two attached hydrogens (primary N) is 1. The molecule has 1 rings (SSSR count). The predicted octanol–water partition coefficient (Wildman–Crippen LogP) is 1.65. The average Bonchev–Trinajstić information content (AvgIpc) is 2.26. The first kappa shape index (κ1) is 12.1. The van der Waals surface area contributed by atoms with E-state index in [0.29, 0.717) is 0 Å². The Morgan fingerprint density at radius 2 is 2.19 bits per heavy atom. The van der Waals surface area contributed by atoms with Crippen LogP contribution in [0.3, 0.4) is 0 Å². The van der Waals surface area contributed by atoms with Crippen LogP contribution >= 0.6 is 0 Å². The molecule has 0 heterocycles. The molecule has 1 aromatic rings. The molecule has 0 aromatic heterocycles. The van der Waals surface area contributed by atoms with Crippen LogP contribution in [-0.2, 0) is 6.54 Å². The summed E-state index contributed by atoms with van der Waals surface area (Å²) in [5.74, 6) is -1.29. The zero-order chi connectivity index (χ0) is 12.3. The fraction of sp³-hybridized carbons (Fsp3) is 0.200. The van der Waals surface area contributed by atoms with Crippen LogP contribution in [0.25, 0.3) is 0 Å². The number of carboxylic acid groups (broad SMARTS) is 1. The summed E-state index contributed by atoms with van der Waals surface area (Å²) in [6, 6.07) is 3.53. The lowest BCUT2D eigenvalue weighted by atomic mass is 9.98. The van der Waals surface area contributed by atoms with Gasteiger partial charge in [0.1, 0.15) is 0 Å². The Hall–Kier alpha value is -2.00. The second-order valence-electron chi connectivity index (χ2n) is 3.02. The SMILES string of the molecule is N#Cc1cc(C(=O)O)cc(CN)c1C(F)F. The van der Waals surface area contributed by atoms with E-state index in [1.165, 1.54) is 0 Å². The van der Waals surface area contributed by atoms with Gasteiger partial charge in [-0.2, -0.15) is 5.26 Å². The Balaban J connectivity index is 3.51. The Morgan fingerprint density at radius 1 is 1.56 bits per heavy atom. The van der Waals surface area contributed by atoms with Gasteiger partial charge >= 0.3 is 5.97 Å². The molecule has 0 unspecified atom stereocenters. The van der Waals surface area contributed by atoms with Crippen molar-refractivity contribution in [3.8, 4) is 6.07 Å². The van der Waals surface area contributed by atoms with Crippen molar-refractivity contribution in [3.05, 3.63) is 34.4 Å². The van der Waals surface area contributed by atoms with Gasteiger partial charge in [-0.3, -0.25) is 0 Å². The first-order valence-corrected chi connectivity index (χ1v) is 4.29. The zero-order valence-corrected chi connectivity index (χ0v) is 8.08. The molecule has 6 heteroatoms. The van der Waals surface area contributed by atoms with Crippen molar-refractivity contribution in [2.24, 2.45) is 5.73 Å². The first-order chi connectivity index (χ1) is 7.51. The van der Waals surface area contributed by atoms with Gasteiger partial charge in [0, 0.05) is 12.1 Å². The molecule has 0 aliphatic rings. The molecule has 3 N–H and O–H groups in total. The van der Waals surface area contributed by atoms with Crippen molar-refractivity contribution in [1.82, 2.24) is 0 Å². The van der Waals surface area contributed by atoms with Crippen molar-refractivity contribution in [3.63, 3.8) is 0 Å². The van der Waals surface area contributed by atoms with Crippen molar-refractivity contribution >= 4 is 5.97 Å². The quantitative estimate of drug-likeness (QED) is 0.820. The van der Waals surface area contributed by atoms with E-state index in [2.05, 4.69) is 0 Å². The monoisotopic (exact) mass is 226 g/mol. The number of aromatic carboxylic acids is 1. The molecular weight excluding hydrogens is 218 g/mol. The van der Waals surface area contributed by atoms with E-state index in [0.717, 1.165) is 12.1 Å². The molecule has 0 saturated heterocycles. The highest BCUT2D eigenvalue weighted by Crippen LogP contribution is 2.27. The topological polar surface area (TPSA) is 87.1 Å². The molecule has 0 bridgehead atoms. The summed E-state index contributed by atoms with van der Waals surface area (Å²) in [4.78, 5) is 10.7. The molecule has 0 fully saturated rings. The van der Waals surface area contributed by atoms with E-state index in [4.69, 9.17) is 16.1 Å². The summed E-state index contributed by atoms with van der Waals surface area (Å²) in [5.41, 5.74) is 4.16. The van der Waals surface area contributed by atoms with Crippen LogP contribution < -0.4 is 5.73 Å². The normalized spacial score (nSPS) is 10.2. The standard InChI is InChI=1S/C10H8F2N2O2/c11-9(12)8-6(3-13)1-5(10(15)16)2-7(8)4-14/h1-2,9H,3,13H2,(H,15,16). The van der Waals surface area contributed by atoms with Crippen LogP contribution in [0.4, 0.5) is 8.78 Å². The number of nitriles is 1. The summed E-state index contributed by atoms with van der Waals surface area (Å²) in [5, 5.41) is 17.4. The second-order valence-corrected chi connectivity index (χ2v) is 3.02. The van der Waals surface area contributed by atoms with E-state index in [9.17, 15) is 13.6 Å². The molecule has 16 heavy (non-hydrogen) atoms. The van der Waals surface area contributed by atoms with E-state index >= 15 is 0 Å². The number of nitrogens with zero attached hydrogens (tertiary/aromatic N) is 1. The summed E-state index contributed by atoms with van der Waals surface area (Å²) >= 11 is 0. The summed E-state index contributed by atoms with van der Waals surface area (Å²) < 4.78 is 25.3.